The third kappa shape index (κ3) is 6.14. The molecule has 0 atom stereocenters. The van der Waals surface area contributed by atoms with Gasteiger partial charge in [-0.3, -0.25) is 0 Å². The largest absolute Gasteiger partial charge is 0.573 e. The number of amides is 2. The first kappa shape index (κ1) is 16.6. The maximum Gasteiger partial charge on any atom is 0.573 e. The summed E-state index contributed by atoms with van der Waals surface area (Å²) in [5.74, 6) is -0.475. The number of carbonyl (C=O) groups excluding carboxylic acids is 1. The lowest BCUT2D eigenvalue weighted by Gasteiger charge is -2.14. The molecule has 1 aromatic carbocycles. The molecule has 0 saturated carbocycles. The highest BCUT2D eigenvalue weighted by molar-refractivity contribution is 9.10. The molecule has 0 fully saturated rings. The van der Waals surface area contributed by atoms with Gasteiger partial charge in [-0.25, -0.2) is 4.79 Å². The first-order chi connectivity index (χ1) is 9.31. The van der Waals surface area contributed by atoms with Crippen molar-refractivity contribution in [3.05, 3.63) is 22.7 Å². The van der Waals surface area contributed by atoms with Crippen molar-refractivity contribution >= 4 is 27.6 Å². The third-order valence-corrected chi connectivity index (χ3v) is 2.73. The number of hydrogen-bond acceptors (Lipinski definition) is 2. The van der Waals surface area contributed by atoms with Crippen LogP contribution in [-0.4, -0.2) is 18.9 Å². The highest BCUT2D eigenvalue weighted by Gasteiger charge is 2.32. The molecule has 0 aliphatic rings. The van der Waals surface area contributed by atoms with Gasteiger partial charge < -0.3 is 15.4 Å². The molecule has 0 saturated heterocycles. The molecule has 0 aliphatic heterocycles. The van der Waals surface area contributed by atoms with Crippen LogP contribution in [0.15, 0.2) is 22.7 Å². The van der Waals surface area contributed by atoms with Gasteiger partial charge in [0.2, 0.25) is 0 Å². The van der Waals surface area contributed by atoms with Gasteiger partial charge in [-0.1, -0.05) is 29.3 Å². The molecular weight excluding hydrogens is 341 g/mol. The van der Waals surface area contributed by atoms with Gasteiger partial charge in [0.25, 0.3) is 0 Å². The SMILES string of the molecule is CCCCNC(=O)Nc1ccc(Br)cc1OC(F)(F)F. The summed E-state index contributed by atoms with van der Waals surface area (Å²) >= 11 is 3.05. The fraction of sp³-hybridized carbons (Fsp3) is 0.417. The number of anilines is 1. The van der Waals surface area contributed by atoms with E-state index in [0.29, 0.717) is 11.0 Å². The molecular formula is C12H14BrF3N2O2. The van der Waals surface area contributed by atoms with Crippen molar-refractivity contribution in [2.45, 2.75) is 26.1 Å². The normalized spacial score (nSPS) is 11.1. The van der Waals surface area contributed by atoms with E-state index in [4.69, 9.17) is 0 Å². The summed E-state index contributed by atoms with van der Waals surface area (Å²) in [6, 6.07) is 3.39. The van der Waals surface area contributed by atoms with Crippen LogP contribution in [0.1, 0.15) is 19.8 Å². The molecule has 0 aromatic heterocycles. The Balaban J connectivity index is 2.76. The molecule has 2 amide bonds. The van der Waals surface area contributed by atoms with Crippen LogP contribution in [-0.2, 0) is 0 Å². The number of carbonyl (C=O) groups is 1. The highest BCUT2D eigenvalue weighted by Crippen LogP contribution is 2.32. The van der Waals surface area contributed by atoms with Crippen molar-refractivity contribution in [1.82, 2.24) is 5.32 Å². The van der Waals surface area contributed by atoms with Crippen LogP contribution in [0.3, 0.4) is 0 Å². The summed E-state index contributed by atoms with van der Waals surface area (Å²) in [5, 5.41) is 4.86. The number of alkyl halides is 3. The molecule has 0 bridgehead atoms. The average molecular weight is 355 g/mol. The second-order valence-corrected chi connectivity index (χ2v) is 4.84. The second kappa shape index (κ2) is 7.37. The van der Waals surface area contributed by atoms with Gasteiger partial charge in [0.15, 0.2) is 5.75 Å². The van der Waals surface area contributed by atoms with Crippen molar-refractivity contribution in [1.29, 1.82) is 0 Å². The van der Waals surface area contributed by atoms with Gasteiger partial charge in [0.1, 0.15) is 0 Å². The number of halogens is 4. The fourth-order valence-corrected chi connectivity index (χ4v) is 1.69. The van der Waals surface area contributed by atoms with Crippen molar-refractivity contribution in [3.8, 4) is 5.75 Å². The zero-order chi connectivity index (χ0) is 15.2. The number of rotatable bonds is 5. The summed E-state index contributed by atoms with van der Waals surface area (Å²) in [6.45, 7) is 2.41. The van der Waals surface area contributed by atoms with Crippen LogP contribution in [0.2, 0.25) is 0 Å². The molecule has 1 rings (SSSR count). The lowest BCUT2D eigenvalue weighted by molar-refractivity contribution is -0.274. The zero-order valence-electron chi connectivity index (χ0n) is 10.7. The monoisotopic (exact) mass is 354 g/mol. The van der Waals surface area contributed by atoms with E-state index >= 15 is 0 Å². The number of benzene rings is 1. The predicted octanol–water partition coefficient (Wildman–Crippen LogP) is 4.27. The first-order valence-electron chi connectivity index (χ1n) is 5.92. The Hall–Kier alpha value is -1.44. The average Bonchev–Trinajstić information content (AvgIpc) is 2.31. The minimum atomic E-state index is -4.82. The van der Waals surface area contributed by atoms with Crippen molar-refractivity contribution in [3.63, 3.8) is 0 Å². The zero-order valence-corrected chi connectivity index (χ0v) is 12.3. The summed E-state index contributed by atoms with van der Waals surface area (Å²) in [6.07, 6.45) is -3.13. The molecule has 0 radical (unpaired) electrons. The summed E-state index contributed by atoms with van der Waals surface area (Å²) in [7, 11) is 0. The lowest BCUT2D eigenvalue weighted by atomic mass is 10.3. The van der Waals surface area contributed by atoms with Crippen LogP contribution in [0.5, 0.6) is 5.75 Å². The molecule has 0 unspecified atom stereocenters. The molecule has 0 aliphatic carbocycles. The Morgan fingerprint density at radius 3 is 2.70 bits per heavy atom. The molecule has 0 spiro atoms. The Labute approximate surface area is 122 Å². The van der Waals surface area contributed by atoms with E-state index in [2.05, 4.69) is 31.3 Å². The topological polar surface area (TPSA) is 50.4 Å². The van der Waals surface area contributed by atoms with Crippen molar-refractivity contribution in [2.75, 3.05) is 11.9 Å². The summed E-state index contributed by atoms with van der Waals surface area (Å²) < 4.78 is 41.1. The van der Waals surface area contributed by atoms with E-state index in [-0.39, 0.29) is 5.69 Å². The smallest absolute Gasteiger partial charge is 0.404 e. The maximum atomic E-state index is 12.3. The van der Waals surface area contributed by atoms with E-state index in [0.717, 1.165) is 18.9 Å². The van der Waals surface area contributed by atoms with Crippen molar-refractivity contribution < 1.29 is 22.7 Å². The van der Waals surface area contributed by atoms with Crippen LogP contribution in [0, 0.1) is 0 Å². The van der Waals surface area contributed by atoms with Gasteiger partial charge in [-0.2, -0.15) is 0 Å². The highest BCUT2D eigenvalue weighted by atomic mass is 79.9. The lowest BCUT2D eigenvalue weighted by Crippen LogP contribution is -2.30. The molecule has 0 heterocycles. The number of unbranched alkanes of at least 4 members (excludes halogenated alkanes) is 1. The Morgan fingerprint density at radius 2 is 2.10 bits per heavy atom. The summed E-state index contributed by atoms with van der Waals surface area (Å²) in [5.41, 5.74) is -0.0560. The second-order valence-electron chi connectivity index (χ2n) is 3.92. The molecule has 8 heteroatoms. The minimum Gasteiger partial charge on any atom is -0.404 e. The van der Waals surface area contributed by atoms with Gasteiger partial charge in [-0.15, -0.1) is 13.2 Å². The standard InChI is InChI=1S/C12H14BrF3N2O2/c1-2-3-6-17-11(19)18-9-5-4-8(13)7-10(9)20-12(14,15)16/h4-5,7H,2-3,6H2,1H3,(H2,17,18,19). The fourth-order valence-electron chi connectivity index (χ4n) is 1.35. The summed E-state index contributed by atoms with van der Waals surface area (Å²) in [4.78, 5) is 11.5. The third-order valence-electron chi connectivity index (χ3n) is 2.23. The van der Waals surface area contributed by atoms with Crippen LogP contribution in [0.4, 0.5) is 23.7 Å². The Morgan fingerprint density at radius 1 is 1.40 bits per heavy atom. The Bertz CT molecular complexity index is 467. The maximum absolute atomic E-state index is 12.3. The first-order valence-corrected chi connectivity index (χ1v) is 6.71. The minimum absolute atomic E-state index is 0.0560. The number of nitrogens with one attached hydrogen (secondary N) is 2. The number of ether oxygens (including phenoxy) is 1. The number of urea groups is 1. The molecule has 2 N–H and O–H groups in total. The molecule has 4 nitrogen and oxygen atoms in total. The van der Waals surface area contributed by atoms with Gasteiger partial charge in [0, 0.05) is 11.0 Å². The Kier molecular flexibility index (Phi) is 6.12. The van der Waals surface area contributed by atoms with E-state index < -0.39 is 18.1 Å². The van der Waals surface area contributed by atoms with Gasteiger partial charge >= 0.3 is 12.4 Å². The van der Waals surface area contributed by atoms with E-state index in [9.17, 15) is 18.0 Å². The molecule has 1 aromatic rings. The van der Waals surface area contributed by atoms with Gasteiger partial charge in [0.05, 0.1) is 5.69 Å². The van der Waals surface area contributed by atoms with Crippen LogP contribution >= 0.6 is 15.9 Å². The van der Waals surface area contributed by atoms with E-state index in [1.807, 2.05) is 6.92 Å². The van der Waals surface area contributed by atoms with Gasteiger partial charge in [-0.05, 0) is 24.6 Å². The molecule has 112 valence electrons. The van der Waals surface area contributed by atoms with Crippen molar-refractivity contribution in [2.24, 2.45) is 0 Å². The van der Waals surface area contributed by atoms with E-state index in [1.54, 1.807) is 0 Å². The van der Waals surface area contributed by atoms with E-state index in [1.165, 1.54) is 12.1 Å². The predicted molar refractivity (Wildman–Crippen MR) is 72.8 cm³/mol. The quantitative estimate of drug-likeness (QED) is 0.775. The molecule has 20 heavy (non-hydrogen) atoms. The van der Waals surface area contributed by atoms with Crippen LogP contribution in [0.25, 0.3) is 0 Å². The number of hydrogen-bond donors (Lipinski definition) is 2. The van der Waals surface area contributed by atoms with Crippen LogP contribution < -0.4 is 15.4 Å².